The summed E-state index contributed by atoms with van der Waals surface area (Å²) in [6, 6.07) is 11.6. The van der Waals surface area contributed by atoms with Crippen LogP contribution in [-0.2, 0) is 16.5 Å². The molecule has 0 aliphatic heterocycles. The quantitative estimate of drug-likeness (QED) is 0.431. The van der Waals surface area contributed by atoms with Gasteiger partial charge in [0.15, 0.2) is 10.6 Å². The van der Waals surface area contributed by atoms with Crippen LogP contribution in [0.5, 0.6) is 17.2 Å². The monoisotopic (exact) mass is 378 g/mol. The van der Waals surface area contributed by atoms with Crippen LogP contribution in [0, 0.1) is 0 Å². The number of para-hydroxylation sites is 1. The SMILES string of the molecule is CCCCCCCCc1cc(O)c(S(=O)(=O)O)c(Oc2ccccc2)c1. The lowest BCUT2D eigenvalue weighted by atomic mass is 10.0. The zero-order valence-corrected chi connectivity index (χ0v) is 15.8. The van der Waals surface area contributed by atoms with Crippen molar-refractivity contribution >= 4 is 10.1 Å². The first kappa shape index (κ1) is 20.3. The standard InChI is InChI=1S/C20H26O5S/c1-2-3-4-5-6-8-11-16-14-18(21)20(26(22,23)24)19(15-16)25-17-12-9-7-10-13-17/h7,9-10,12-15,21H,2-6,8,11H2,1H3,(H,22,23,24). The highest BCUT2D eigenvalue weighted by molar-refractivity contribution is 7.86. The summed E-state index contributed by atoms with van der Waals surface area (Å²) in [5.41, 5.74) is 0.774. The molecular weight excluding hydrogens is 352 g/mol. The molecule has 0 bridgehead atoms. The highest BCUT2D eigenvalue weighted by Gasteiger charge is 2.23. The molecule has 0 aliphatic carbocycles. The van der Waals surface area contributed by atoms with Crippen LogP contribution >= 0.6 is 0 Å². The Morgan fingerprint density at radius 3 is 2.27 bits per heavy atom. The molecule has 0 aromatic heterocycles. The number of hydrogen-bond donors (Lipinski definition) is 2. The van der Waals surface area contributed by atoms with Gasteiger partial charge in [0, 0.05) is 0 Å². The van der Waals surface area contributed by atoms with Crippen molar-refractivity contribution in [1.82, 2.24) is 0 Å². The Hall–Kier alpha value is -2.05. The Kier molecular flexibility index (Phi) is 7.48. The van der Waals surface area contributed by atoms with Crippen molar-refractivity contribution < 1.29 is 22.8 Å². The van der Waals surface area contributed by atoms with Crippen LogP contribution in [0.4, 0.5) is 0 Å². The molecule has 0 saturated heterocycles. The van der Waals surface area contributed by atoms with Gasteiger partial charge in [-0.15, -0.1) is 0 Å². The molecule has 6 heteroatoms. The van der Waals surface area contributed by atoms with Crippen LogP contribution in [0.1, 0.15) is 51.0 Å². The maximum absolute atomic E-state index is 11.7. The fraction of sp³-hybridized carbons (Fsp3) is 0.400. The number of ether oxygens (including phenoxy) is 1. The van der Waals surface area contributed by atoms with Crippen molar-refractivity contribution in [1.29, 1.82) is 0 Å². The van der Waals surface area contributed by atoms with Crippen molar-refractivity contribution in [3.8, 4) is 17.2 Å². The van der Waals surface area contributed by atoms with Crippen molar-refractivity contribution in [2.24, 2.45) is 0 Å². The van der Waals surface area contributed by atoms with E-state index in [9.17, 15) is 18.1 Å². The predicted octanol–water partition coefficient (Wildman–Crippen LogP) is 5.33. The third kappa shape index (κ3) is 6.04. The zero-order valence-electron chi connectivity index (χ0n) is 15.0. The minimum Gasteiger partial charge on any atom is -0.506 e. The summed E-state index contributed by atoms with van der Waals surface area (Å²) in [6.07, 6.45) is 7.54. The summed E-state index contributed by atoms with van der Waals surface area (Å²) in [7, 11) is -4.61. The maximum atomic E-state index is 11.7. The van der Waals surface area contributed by atoms with E-state index in [0.717, 1.165) is 24.8 Å². The third-order valence-corrected chi connectivity index (χ3v) is 5.07. The Balaban J connectivity index is 2.18. The average molecular weight is 378 g/mol. The molecule has 2 N–H and O–H groups in total. The smallest absolute Gasteiger partial charge is 0.301 e. The predicted molar refractivity (Wildman–Crippen MR) is 102 cm³/mol. The molecule has 0 radical (unpaired) electrons. The van der Waals surface area contributed by atoms with Crippen LogP contribution in [0.15, 0.2) is 47.4 Å². The first-order valence-electron chi connectivity index (χ1n) is 8.98. The molecule has 0 fully saturated rings. The fourth-order valence-corrected chi connectivity index (χ4v) is 3.53. The summed E-state index contributed by atoms with van der Waals surface area (Å²) < 4.78 is 38.4. The van der Waals surface area contributed by atoms with Crippen LogP contribution in [0.3, 0.4) is 0 Å². The average Bonchev–Trinajstić information content (AvgIpc) is 2.57. The number of unbranched alkanes of at least 4 members (excludes halogenated alkanes) is 5. The molecule has 5 nitrogen and oxygen atoms in total. The molecule has 0 unspecified atom stereocenters. The van der Waals surface area contributed by atoms with E-state index in [1.165, 1.54) is 25.3 Å². The van der Waals surface area contributed by atoms with Gasteiger partial charge in [0.05, 0.1) is 0 Å². The first-order chi connectivity index (χ1) is 12.4. The summed E-state index contributed by atoms with van der Waals surface area (Å²) in [5, 5.41) is 10.1. The van der Waals surface area contributed by atoms with Crippen LogP contribution in [-0.4, -0.2) is 18.1 Å². The highest BCUT2D eigenvalue weighted by Crippen LogP contribution is 2.37. The van der Waals surface area contributed by atoms with E-state index in [1.807, 2.05) is 6.07 Å². The van der Waals surface area contributed by atoms with Gasteiger partial charge in [-0.2, -0.15) is 8.42 Å². The number of rotatable bonds is 10. The highest BCUT2D eigenvalue weighted by atomic mass is 32.2. The zero-order chi connectivity index (χ0) is 19.0. The minimum absolute atomic E-state index is 0.0697. The number of benzene rings is 2. The molecule has 2 aromatic carbocycles. The number of aromatic hydroxyl groups is 1. The van der Waals surface area contributed by atoms with Crippen molar-refractivity contribution in [3.05, 3.63) is 48.0 Å². The Bertz CT molecular complexity index is 800. The van der Waals surface area contributed by atoms with Gasteiger partial charge < -0.3 is 9.84 Å². The van der Waals surface area contributed by atoms with Crippen molar-refractivity contribution in [2.45, 2.75) is 56.8 Å². The number of phenols is 1. The molecule has 0 amide bonds. The molecule has 2 aromatic rings. The van der Waals surface area contributed by atoms with E-state index in [2.05, 4.69) is 6.92 Å². The number of hydrogen-bond acceptors (Lipinski definition) is 4. The van der Waals surface area contributed by atoms with Crippen molar-refractivity contribution in [3.63, 3.8) is 0 Å². The Morgan fingerprint density at radius 2 is 1.62 bits per heavy atom. The summed E-state index contributed by atoms with van der Waals surface area (Å²) in [6.45, 7) is 2.17. The van der Waals surface area contributed by atoms with Gasteiger partial charge in [0.2, 0.25) is 0 Å². The summed E-state index contributed by atoms with van der Waals surface area (Å²) in [5.74, 6) is -0.143. The molecule has 0 aliphatic rings. The van der Waals surface area contributed by atoms with Gasteiger partial charge >= 0.3 is 10.1 Å². The van der Waals surface area contributed by atoms with E-state index < -0.39 is 20.8 Å². The fourth-order valence-electron chi connectivity index (χ4n) is 2.85. The molecule has 0 atom stereocenters. The molecule has 142 valence electrons. The first-order valence-corrected chi connectivity index (χ1v) is 10.4. The van der Waals surface area contributed by atoms with Gasteiger partial charge in [-0.1, -0.05) is 57.2 Å². The molecule has 0 saturated carbocycles. The van der Waals surface area contributed by atoms with E-state index in [0.29, 0.717) is 12.2 Å². The summed E-state index contributed by atoms with van der Waals surface area (Å²) in [4.78, 5) is -0.604. The second-order valence-corrected chi connectivity index (χ2v) is 7.71. The normalized spacial score (nSPS) is 11.5. The lowest BCUT2D eigenvalue weighted by molar-refractivity contribution is 0.414. The van der Waals surface area contributed by atoms with E-state index in [-0.39, 0.29) is 5.75 Å². The molecule has 2 rings (SSSR count). The van der Waals surface area contributed by atoms with Crippen LogP contribution < -0.4 is 4.74 Å². The van der Waals surface area contributed by atoms with Gasteiger partial charge in [0.1, 0.15) is 11.5 Å². The Labute approximate surface area is 155 Å². The van der Waals surface area contributed by atoms with E-state index >= 15 is 0 Å². The number of phenolic OH excluding ortho intramolecular Hbond substituents is 1. The van der Waals surface area contributed by atoms with E-state index in [1.54, 1.807) is 30.3 Å². The Morgan fingerprint density at radius 1 is 0.962 bits per heavy atom. The van der Waals surface area contributed by atoms with Crippen molar-refractivity contribution in [2.75, 3.05) is 0 Å². The van der Waals surface area contributed by atoms with Crippen LogP contribution in [0.25, 0.3) is 0 Å². The minimum atomic E-state index is -4.61. The van der Waals surface area contributed by atoms with Gasteiger partial charge in [0.25, 0.3) is 0 Å². The molecule has 0 spiro atoms. The third-order valence-electron chi connectivity index (χ3n) is 4.14. The topological polar surface area (TPSA) is 83.8 Å². The number of aryl methyl sites for hydroxylation is 1. The van der Waals surface area contributed by atoms with Gasteiger partial charge in [-0.3, -0.25) is 4.55 Å². The van der Waals surface area contributed by atoms with Gasteiger partial charge in [-0.25, -0.2) is 0 Å². The lowest BCUT2D eigenvalue weighted by Gasteiger charge is -2.13. The lowest BCUT2D eigenvalue weighted by Crippen LogP contribution is -2.03. The van der Waals surface area contributed by atoms with Crippen LogP contribution in [0.2, 0.25) is 0 Å². The van der Waals surface area contributed by atoms with E-state index in [4.69, 9.17) is 4.74 Å². The molecule has 26 heavy (non-hydrogen) atoms. The summed E-state index contributed by atoms with van der Waals surface area (Å²) >= 11 is 0. The molecule has 0 heterocycles. The largest absolute Gasteiger partial charge is 0.506 e. The van der Waals surface area contributed by atoms with Gasteiger partial charge in [-0.05, 0) is 42.7 Å². The second kappa shape index (κ2) is 9.59. The second-order valence-electron chi connectivity index (χ2n) is 6.35. The maximum Gasteiger partial charge on any atom is 0.301 e. The molecular formula is C20H26O5S.